The summed E-state index contributed by atoms with van der Waals surface area (Å²) in [5.41, 5.74) is -0.537. The Morgan fingerprint density at radius 3 is 2.22 bits per heavy atom. The van der Waals surface area contributed by atoms with E-state index in [1.807, 2.05) is 0 Å². The molecule has 1 aromatic heterocycles. The molecule has 100 valence electrons. The van der Waals surface area contributed by atoms with Gasteiger partial charge in [0.2, 0.25) is 0 Å². The lowest BCUT2D eigenvalue weighted by Gasteiger charge is -2.09. The molecule has 0 fully saturated rings. The summed E-state index contributed by atoms with van der Waals surface area (Å²) in [6, 6.07) is 2.11. The van der Waals surface area contributed by atoms with Crippen molar-refractivity contribution in [3.8, 4) is 0 Å². The summed E-state index contributed by atoms with van der Waals surface area (Å²) in [6.45, 7) is 3.84. The molecule has 1 N–H and O–H groups in total. The van der Waals surface area contributed by atoms with Crippen molar-refractivity contribution in [3.05, 3.63) is 29.6 Å². The minimum atomic E-state index is -4.37. The van der Waals surface area contributed by atoms with Crippen LogP contribution in [0, 0.1) is 0 Å². The van der Waals surface area contributed by atoms with E-state index in [0.29, 0.717) is 6.42 Å². The second kappa shape index (κ2) is 8.96. The molecule has 0 bridgehead atoms. The van der Waals surface area contributed by atoms with Crippen LogP contribution in [0.1, 0.15) is 37.6 Å². The number of aliphatic hydroxyl groups is 1. The Balaban J connectivity index is 0.000000631. The van der Waals surface area contributed by atoms with E-state index in [0.717, 1.165) is 12.3 Å². The van der Waals surface area contributed by atoms with Crippen molar-refractivity contribution in [3.63, 3.8) is 0 Å². The van der Waals surface area contributed by atoms with Gasteiger partial charge in [-0.3, -0.25) is 4.98 Å². The standard InChI is InChI=1S/C9H10F3NO.C2H5.ClH.Mg/c1-2-8(14)7-4-3-6(5-13-7)9(10,11)12;1-2;;/h3-5,8,14H,2H2,1H3;1H2,2H3;1H;/q;;;+1/p-1. The van der Waals surface area contributed by atoms with Crippen LogP contribution in [0.25, 0.3) is 0 Å². The topological polar surface area (TPSA) is 33.1 Å². The minimum Gasteiger partial charge on any atom is -0.387 e. The molecule has 18 heavy (non-hydrogen) atoms. The summed E-state index contributed by atoms with van der Waals surface area (Å²) < 4.78 is 37.5. The Morgan fingerprint density at radius 1 is 1.39 bits per heavy atom. The van der Waals surface area contributed by atoms with Crippen LogP contribution in [0.2, 0.25) is 4.55 Å². The number of hydrogen-bond donors (Lipinski definition) is 1. The smallest absolute Gasteiger partial charge is 0.387 e. The minimum absolute atomic E-state index is 0.103. The maximum Gasteiger partial charge on any atom is 0.500 e. The molecule has 7 heteroatoms. The van der Waals surface area contributed by atoms with E-state index >= 15 is 0 Å². The average molecular weight is 294 g/mol. The molecular weight excluding hydrogens is 279 g/mol. The number of pyridine rings is 1. The lowest BCUT2D eigenvalue weighted by molar-refractivity contribution is -0.137. The summed E-state index contributed by atoms with van der Waals surface area (Å²) in [5.74, 6) is 0. The second-order valence-corrected chi connectivity index (χ2v) is 6.09. The van der Waals surface area contributed by atoms with Crippen molar-refractivity contribution in [1.82, 2.24) is 4.98 Å². The van der Waals surface area contributed by atoms with Crippen LogP contribution in [0.5, 0.6) is 0 Å². The summed E-state index contributed by atoms with van der Waals surface area (Å²) >= 11 is -0.103. The van der Waals surface area contributed by atoms with Gasteiger partial charge in [-0.05, 0) is 18.6 Å². The highest BCUT2D eigenvalue weighted by Crippen LogP contribution is 2.29. The Morgan fingerprint density at radius 2 is 1.94 bits per heavy atom. The Hall–Kier alpha value is -0.0438. The fourth-order valence-corrected chi connectivity index (χ4v) is 0.979. The third-order valence-corrected chi connectivity index (χ3v) is 3.54. The van der Waals surface area contributed by atoms with Gasteiger partial charge < -0.3 is 14.2 Å². The Kier molecular flexibility index (Phi) is 8.93. The molecule has 1 rings (SSSR count). The SMILES string of the molecule is CCC(O)c1ccc(C(F)(F)F)cn1.C[CH2][Mg][Cl]. The normalized spacial score (nSPS) is 12.2. The van der Waals surface area contributed by atoms with E-state index in [1.54, 1.807) is 6.92 Å². The van der Waals surface area contributed by atoms with E-state index in [2.05, 4.69) is 11.9 Å². The van der Waals surface area contributed by atoms with Crippen molar-refractivity contribution in [2.45, 2.75) is 37.1 Å². The molecule has 0 aromatic carbocycles. The molecule has 0 aliphatic carbocycles. The van der Waals surface area contributed by atoms with Crippen LogP contribution in [0.3, 0.4) is 0 Å². The third kappa shape index (κ3) is 6.77. The van der Waals surface area contributed by atoms with Crippen LogP contribution in [-0.2, 0) is 6.18 Å². The number of hydrogen-bond acceptors (Lipinski definition) is 2. The first-order chi connectivity index (χ1) is 8.36. The van der Waals surface area contributed by atoms with Crippen molar-refractivity contribution in [1.29, 1.82) is 0 Å². The first-order valence-corrected chi connectivity index (χ1v) is 8.77. The molecule has 0 radical (unpaired) electrons. The fraction of sp³-hybridized carbons (Fsp3) is 0.545. The van der Waals surface area contributed by atoms with Crippen LogP contribution in [0.15, 0.2) is 18.3 Å². The molecule has 1 atom stereocenters. The zero-order valence-electron chi connectivity index (χ0n) is 10.3. The van der Waals surface area contributed by atoms with Gasteiger partial charge in [0.1, 0.15) is 0 Å². The summed E-state index contributed by atoms with van der Waals surface area (Å²) in [7, 11) is 5.32. The highest BCUT2D eigenvalue weighted by Gasteiger charge is 2.30. The molecule has 0 aliphatic heterocycles. The van der Waals surface area contributed by atoms with Crippen molar-refractivity contribution >= 4 is 28.3 Å². The van der Waals surface area contributed by atoms with Gasteiger partial charge >= 0.3 is 25.4 Å². The van der Waals surface area contributed by atoms with Gasteiger partial charge in [0.25, 0.3) is 0 Å². The summed E-state index contributed by atoms with van der Waals surface area (Å²) in [5, 5.41) is 9.28. The summed E-state index contributed by atoms with van der Waals surface area (Å²) in [6.07, 6.45) is -4.01. The van der Waals surface area contributed by atoms with Crippen LogP contribution < -0.4 is 0 Å². The molecule has 0 aliphatic rings. The quantitative estimate of drug-likeness (QED) is 0.859. The molecule has 1 unspecified atom stereocenters. The maximum atomic E-state index is 12.1. The average Bonchev–Trinajstić information content (AvgIpc) is 2.37. The largest absolute Gasteiger partial charge is 0.500 e. The number of halogens is 4. The first-order valence-electron chi connectivity index (χ1n) is 5.63. The third-order valence-electron chi connectivity index (χ3n) is 2.03. The predicted octanol–water partition coefficient (Wildman–Crippen LogP) is 3.83. The van der Waals surface area contributed by atoms with E-state index < -0.39 is 17.8 Å². The molecular formula is C11H15ClF3MgNO. The second-order valence-electron chi connectivity index (χ2n) is 3.58. The zero-order chi connectivity index (χ0) is 14.2. The van der Waals surface area contributed by atoms with Gasteiger partial charge in [0, 0.05) is 6.20 Å². The van der Waals surface area contributed by atoms with E-state index in [9.17, 15) is 18.3 Å². The van der Waals surface area contributed by atoms with E-state index in [4.69, 9.17) is 9.07 Å². The molecule has 0 saturated carbocycles. The zero-order valence-corrected chi connectivity index (χ0v) is 12.5. The number of alkyl halides is 3. The van der Waals surface area contributed by atoms with Gasteiger partial charge in [0.15, 0.2) is 0 Å². The first kappa shape index (κ1) is 18.0. The summed E-state index contributed by atoms with van der Waals surface area (Å²) in [4.78, 5) is 3.55. The van der Waals surface area contributed by atoms with Gasteiger partial charge in [0.05, 0.1) is 17.4 Å². The molecule has 1 aromatic rings. The molecule has 0 amide bonds. The molecule has 1 heterocycles. The lowest BCUT2D eigenvalue weighted by atomic mass is 10.1. The van der Waals surface area contributed by atoms with Gasteiger partial charge in [-0.15, -0.1) is 4.55 Å². The molecule has 2 nitrogen and oxygen atoms in total. The Labute approximate surface area is 118 Å². The highest BCUT2D eigenvalue weighted by atomic mass is 35.5. The lowest BCUT2D eigenvalue weighted by Crippen LogP contribution is -2.07. The maximum absolute atomic E-state index is 12.1. The molecule has 0 spiro atoms. The van der Waals surface area contributed by atoms with E-state index in [-0.39, 0.29) is 25.0 Å². The predicted molar refractivity (Wildman–Crippen MR) is 66.6 cm³/mol. The van der Waals surface area contributed by atoms with Crippen LogP contribution in [-0.4, -0.2) is 29.4 Å². The monoisotopic (exact) mass is 293 g/mol. The van der Waals surface area contributed by atoms with Gasteiger partial charge in [-0.2, -0.15) is 13.2 Å². The number of aliphatic hydroxyl groups excluding tert-OH is 1. The van der Waals surface area contributed by atoms with Crippen molar-refractivity contribution in [2.75, 3.05) is 0 Å². The number of aromatic nitrogens is 1. The van der Waals surface area contributed by atoms with Crippen molar-refractivity contribution in [2.24, 2.45) is 0 Å². The highest BCUT2D eigenvalue weighted by molar-refractivity contribution is 6.93. The van der Waals surface area contributed by atoms with Crippen molar-refractivity contribution < 1.29 is 18.3 Å². The fourth-order valence-electron chi connectivity index (χ4n) is 0.979. The van der Waals surface area contributed by atoms with E-state index in [1.165, 1.54) is 10.6 Å². The molecule has 0 saturated heterocycles. The van der Waals surface area contributed by atoms with Crippen LogP contribution >= 0.6 is 9.07 Å². The van der Waals surface area contributed by atoms with Crippen LogP contribution in [0.4, 0.5) is 13.2 Å². The van der Waals surface area contributed by atoms with Gasteiger partial charge in [-0.25, -0.2) is 0 Å². The number of nitrogens with zero attached hydrogens (tertiary/aromatic N) is 1. The number of rotatable bonds is 3. The van der Waals surface area contributed by atoms with Gasteiger partial charge in [-0.1, -0.05) is 13.8 Å². The Bertz CT molecular complexity index is 330.